The molecule has 12 heteroatoms. The minimum absolute atomic E-state index is 0.00456. The monoisotopic (exact) mass is 641 g/mol. The van der Waals surface area contributed by atoms with E-state index in [4.69, 9.17) is 0 Å². The molecule has 1 aromatic carbocycles. The molecule has 0 bridgehead atoms. The minimum Gasteiger partial charge on any atom is -0.380 e. The number of carbonyl (C=O) groups is 5. The van der Waals surface area contributed by atoms with E-state index in [1.54, 1.807) is 24.4 Å². The van der Waals surface area contributed by atoms with E-state index >= 15 is 0 Å². The Bertz CT molecular complexity index is 1590. The summed E-state index contributed by atoms with van der Waals surface area (Å²) < 4.78 is 1.97. The van der Waals surface area contributed by atoms with Crippen molar-refractivity contribution in [2.45, 2.75) is 82.8 Å². The van der Waals surface area contributed by atoms with Gasteiger partial charge in [0.2, 0.25) is 17.7 Å². The molecular weight excluding hydrogens is 598 g/mol. The van der Waals surface area contributed by atoms with Crippen LogP contribution in [0.2, 0.25) is 0 Å². The number of fused-ring (bicyclic) bond motifs is 1. The quantitative estimate of drug-likeness (QED) is 0.442. The third-order valence-electron chi connectivity index (χ3n) is 10.7. The number of benzene rings is 1. The van der Waals surface area contributed by atoms with Gasteiger partial charge in [0.05, 0.1) is 23.4 Å². The van der Waals surface area contributed by atoms with Crippen LogP contribution < -0.4 is 10.6 Å². The van der Waals surface area contributed by atoms with Crippen LogP contribution in [0.25, 0.3) is 0 Å². The van der Waals surface area contributed by atoms with Gasteiger partial charge in [-0.2, -0.15) is 5.10 Å². The fourth-order valence-corrected chi connectivity index (χ4v) is 7.99. The van der Waals surface area contributed by atoms with Crippen LogP contribution in [0.3, 0.4) is 0 Å². The zero-order valence-electron chi connectivity index (χ0n) is 26.8. The number of nitrogens with zero attached hydrogens (tertiary/aromatic N) is 5. The summed E-state index contributed by atoms with van der Waals surface area (Å²) in [5, 5.41) is 10.6. The minimum atomic E-state index is -0.856. The Morgan fingerprint density at radius 1 is 0.872 bits per heavy atom. The number of nitrogens with one attached hydrogen (secondary N) is 2. The summed E-state index contributed by atoms with van der Waals surface area (Å²) in [6.45, 7) is 6.94. The van der Waals surface area contributed by atoms with Crippen molar-refractivity contribution < 1.29 is 24.0 Å². The summed E-state index contributed by atoms with van der Waals surface area (Å²) >= 11 is 0. The second-order valence-electron chi connectivity index (χ2n) is 13.7. The van der Waals surface area contributed by atoms with Crippen LogP contribution in [-0.4, -0.2) is 86.2 Å². The Hall–Kier alpha value is -4.48. The highest BCUT2D eigenvalue weighted by Gasteiger charge is 2.45. The molecule has 1 unspecified atom stereocenters. The molecular formula is C35H43N7O5. The fraction of sp³-hybridized carbons (Fsp3) is 0.543. The largest absolute Gasteiger partial charge is 0.380 e. The van der Waals surface area contributed by atoms with Crippen LogP contribution in [0, 0.1) is 11.8 Å². The Kier molecular flexibility index (Phi) is 8.59. The molecule has 1 atom stereocenters. The number of hydrogen-bond acceptors (Lipinski definition) is 7. The Morgan fingerprint density at radius 3 is 2.21 bits per heavy atom. The van der Waals surface area contributed by atoms with Gasteiger partial charge in [-0.05, 0) is 63.5 Å². The van der Waals surface area contributed by atoms with Crippen molar-refractivity contribution in [1.29, 1.82) is 0 Å². The molecule has 248 valence electrons. The van der Waals surface area contributed by atoms with E-state index in [-0.39, 0.29) is 40.8 Å². The van der Waals surface area contributed by atoms with E-state index in [9.17, 15) is 24.0 Å². The van der Waals surface area contributed by atoms with Gasteiger partial charge in [-0.3, -0.25) is 33.6 Å². The Labute approximate surface area is 274 Å². The lowest BCUT2D eigenvalue weighted by Crippen LogP contribution is -2.51. The maximum absolute atomic E-state index is 13.4. The highest BCUT2D eigenvalue weighted by Crippen LogP contribution is 2.34. The van der Waals surface area contributed by atoms with Gasteiger partial charge in [0.1, 0.15) is 6.04 Å². The van der Waals surface area contributed by atoms with Crippen LogP contribution in [0.1, 0.15) is 96.5 Å². The van der Waals surface area contributed by atoms with Crippen molar-refractivity contribution in [1.82, 2.24) is 29.8 Å². The number of allylic oxidation sites excluding steroid dienone is 1. The van der Waals surface area contributed by atoms with Gasteiger partial charge in [-0.15, -0.1) is 0 Å². The number of aromatic nitrogens is 2. The highest BCUT2D eigenvalue weighted by atomic mass is 16.2. The maximum Gasteiger partial charge on any atom is 0.264 e. The van der Waals surface area contributed by atoms with E-state index in [1.807, 2.05) is 20.7 Å². The smallest absolute Gasteiger partial charge is 0.264 e. The van der Waals surface area contributed by atoms with Crippen molar-refractivity contribution in [2.75, 3.05) is 31.5 Å². The van der Waals surface area contributed by atoms with Gasteiger partial charge in [0.15, 0.2) is 0 Å². The summed E-state index contributed by atoms with van der Waals surface area (Å²) in [4.78, 5) is 70.4. The van der Waals surface area contributed by atoms with E-state index in [0.717, 1.165) is 61.8 Å². The van der Waals surface area contributed by atoms with Crippen LogP contribution in [0.4, 0.5) is 5.69 Å². The molecule has 4 aliphatic heterocycles. The second kappa shape index (κ2) is 13.0. The number of anilines is 1. The summed E-state index contributed by atoms with van der Waals surface area (Å²) in [6, 6.07) is 4.45. The van der Waals surface area contributed by atoms with E-state index < -0.39 is 17.9 Å². The lowest BCUT2D eigenvalue weighted by atomic mass is 9.93. The lowest BCUT2D eigenvalue weighted by molar-refractivity contribution is -0.143. The summed E-state index contributed by atoms with van der Waals surface area (Å²) in [5.74, 6) is -0.615. The number of hydrogen-bond donors (Lipinski definition) is 2. The van der Waals surface area contributed by atoms with Gasteiger partial charge in [-0.25, -0.2) is 0 Å². The molecule has 5 heterocycles. The van der Waals surface area contributed by atoms with Gasteiger partial charge >= 0.3 is 0 Å². The van der Waals surface area contributed by atoms with Crippen molar-refractivity contribution in [3.05, 3.63) is 59.6 Å². The number of carbonyl (C=O) groups excluding carboxylic acids is 5. The van der Waals surface area contributed by atoms with Gasteiger partial charge in [0.25, 0.3) is 11.8 Å². The molecule has 1 aromatic heterocycles. The molecule has 47 heavy (non-hydrogen) atoms. The Morgan fingerprint density at radius 2 is 1.53 bits per heavy atom. The van der Waals surface area contributed by atoms with E-state index in [2.05, 4.69) is 22.3 Å². The molecule has 3 saturated heterocycles. The average Bonchev–Trinajstić information content (AvgIpc) is 3.85. The molecule has 1 aliphatic carbocycles. The lowest BCUT2D eigenvalue weighted by Gasteiger charge is -2.38. The average molecular weight is 642 g/mol. The zero-order valence-corrected chi connectivity index (χ0v) is 26.8. The summed E-state index contributed by atoms with van der Waals surface area (Å²) in [6.07, 6.45) is 12.1. The second-order valence-corrected chi connectivity index (χ2v) is 13.7. The van der Waals surface area contributed by atoms with Crippen LogP contribution in [0.15, 0.2) is 42.9 Å². The predicted octanol–water partition coefficient (Wildman–Crippen LogP) is 3.48. The summed E-state index contributed by atoms with van der Waals surface area (Å²) in [7, 11) is 0. The first kappa shape index (κ1) is 31.1. The molecule has 5 amide bonds. The highest BCUT2D eigenvalue weighted by molar-refractivity contribution is 6.25. The van der Waals surface area contributed by atoms with Gasteiger partial charge in [-0.1, -0.05) is 25.5 Å². The predicted molar refractivity (Wildman–Crippen MR) is 173 cm³/mol. The first-order chi connectivity index (χ1) is 22.8. The topological polar surface area (TPSA) is 137 Å². The molecule has 0 spiro atoms. The van der Waals surface area contributed by atoms with Gasteiger partial charge < -0.3 is 20.4 Å². The molecule has 1 saturated carbocycles. The van der Waals surface area contributed by atoms with Crippen molar-refractivity contribution >= 4 is 35.2 Å². The van der Waals surface area contributed by atoms with Crippen molar-refractivity contribution in [3.63, 3.8) is 0 Å². The molecule has 4 fully saturated rings. The normalized spacial score (nSPS) is 23.0. The first-order valence-electron chi connectivity index (χ1n) is 17.1. The van der Waals surface area contributed by atoms with Crippen molar-refractivity contribution in [2.24, 2.45) is 11.8 Å². The molecule has 2 N–H and O–H groups in total. The van der Waals surface area contributed by atoms with Crippen molar-refractivity contribution in [3.8, 4) is 0 Å². The molecule has 5 aliphatic rings. The van der Waals surface area contributed by atoms with Crippen LogP contribution in [-0.2, 0) is 20.9 Å². The third kappa shape index (κ3) is 6.05. The van der Waals surface area contributed by atoms with Crippen LogP contribution >= 0.6 is 0 Å². The number of imide groups is 1. The maximum atomic E-state index is 13.4. The number of piperidine rings is 3. The van der Waals surface area contributed by atoms with Crippen LogP contribution in [0.5, 0.6) is 0 Å². The first-order valence-corrected chi connectivity index (χ1v) is 17.1. The molecule has 7 rings (SSSR count). The molecule has 12 nitrogen and oxygen atoms in total. The number of likely N-dealkylation sites (tertiary alicyclic amines) is 2. The summed E-state index contributed by atoms with van der Waals surface area (Å²) in [5.41, 5.74) is 2.63. The van der Waals surface area contributed by atoms with E-state index in [1.165, 1.54) is 0 Å². The SMILES string of the molecule is C=C1CCC(N2C(=O)c3cccc(NCc4cnn(C5CCN(C(=O)C6CCN(C(=O)C7CCCC7)CC6)CC5)c4)c3C2=O)C(=O)N1. The standard InChI is InChI=1S/C35H43N7O5/c1-22-9-10-29(31(43)38-22)42-34(46)27-7-4-8-28(30(27)35(42)47)36-19-23-20-37-41(21-23)26-13-17-40(18-14-26)33(45)25-11-15-39(16-12-25)32(44)24-5-2-3-6-24/h4,7-8,20-21,24-26,29,36H,1-3,5-6,9-19H2,(H,38,43). The fourth-order valence-electron chi connectivity index (χ4n) is 7.99. The van der Waals surface area contributed by atoms with Gasteiger partial charge in [0, 0.05) is 67.7 Å². The molecule has 0 radical (unpaired) electrons. The Balaban J connectivity index is 0.907. The molecule has 2 aromatic rings. The number of amides is 5. The van der Waals surface area contributed by atoms with E-state index in [0.29, 0.717) is 62.9 Å². The third-order valence-corrected chi connectivity index (χ3v) is 10.7. The number of rotatable bonds is 7. The zero-order chi connectivity index (χ0) is 32.7.